The first-order chi connectivity index (χ1) is 11.6. The highest BCUT2D eigenvalue weighted by atomic mass is 32.1. The van der Waals surface area contributed by atoms with Gasteiger partial charge in [0.05, 0.1) is 13.2 Å². The van der Waals surface area contributed by atoms with Gasteiger partial charge in [0.1, 0.15) is 6.10 Å². The van der Waals surface area contributed by atoms with Crippen LogP contribution in [0.2, 0.25) is 0 Å². The second-order valence-corrected chi connectivity index (χ2v) is 6.87. The molecule has 2 aromatic rings. The molecule has 1 aliphatic rings. The fourth-order valence-electron chi connectivity index (χ4n) is 2.67. The van der Waals surface area contributed by atoms with Crippen molar-refractivity contribution in [2.75, 3.05) is 20.3 Å². The second-order valence-electron chi connectivity index (χ2n) is 6.09. The van der Waals surface area contributed by atoms with Gasteiger partial charge < -0.3 is 14.4 Å². The number of thiophene rings is 1. The Morgan fingerprint density at radius 2 is 2.42 bits per heavy atom. The molecule has 0 N–H and O–H groups in total. The molecule has 2 atom stereocenters. The van der Waals surface area contributed by atoms with Crippen LogP contribution in [0, 0.1) is 0 Å². The van der Waals surface area contributed by atoms with E-state index in [0.717, 1.165) is 12.8 Å². The predicted octanol–water partition coefficient (Wildman–Crippen LogP) is 3.01. The molecule has 0 saturated carbocycles. The molecule has 5 nitrogen and oxygen atoms in total. The third-order valence-electron chi connectivity index (χ3n) is 4.25. The summed E-state index contributed by atoms with van der Waals surface area (Å²) < 4.78 is 11.1. The maximum absolute atomic E-state index is 12.7. The van der Waals surface area contributed by atoms with Gasteiger partial charge in [-0.3, -0.25) is 4.79 Å². The normalized spacial score (nSPS) is 18.3. The van der Waals surface area contributed by atoms with Gasteiger partial charge in [-0.2, -0.15) is 11.3 Å². The predicted molar refractivity (Wildman–Crippen MR) is 93.7 cm³/mol. The van der Waals surface area contributed by atoms with Crippen LogP contribution >= 0.6 is 11.3 Å². The highest BCUT2D eigenvalue weighted by Gasteiger charge is 2.21. The van der Waals surface area contributed by atoms with Crippen LogP contribution in [0.1, 0.15) is 29.3 Å². The summed E-state index contributed by atoms with van der Waals surface area (Å²) >= 11 is 1.68. The van der Waals surface area contributed by atoms with E-state index in [2.05, 4.69) is 28.7 Å². The Kier molecular flexibility index (Phi) is 5.48. The summed E-state index contributed by atoms with van der Waals surface area (Å²) in [5.41, 5.74) is 1.85. The van der Waals surface area contributed by atoms with Gasteiger partial charge in [0.2, 0.25) is 5.88 Å². The minimum atomic E-state index is -0.0207. The highest BCUT2D eigenvalue weighted by Crippen LogP contribution is 2.18. The lowest BCUT2D eigenvalue weighted by Crippen LogP contribution is -2.36. The molecular formula is C18H22N2O3S. The summed E-state index contributed by atoms with van der Waals surface area (Å²) in [6.45, 7) is 3.35. The van der Waals surface area contributed by atoms with E-state index in [4.69, 9.17) is 9.47 Å². The van der Waals surface area contributed by atoms with E-state index in [1.165, 1.54) is 5.56 Å². The van der Waals surface area contributed by atoms with E-state index < -0.39 is 0 Å². The van der Waals surface area contributed by atoms with Crippen LogP contribution < -0.4 is 4.74 Å². The van der Waals surface area contributed by atoms with Crippen LogP contribution in [0.25, 0.3) is 0 Å². The first-order valence-electron chi connectivity index (χ1n) is 8.12. The molecule has 1 fully saturated rings. The molecule has 24 heavy (non-hydrogen) atoms. The molecule has 2 aromatic heterocycles. The van der Waals surface area contributed by atoms with E-state index in [-0.39, 0.29) is 18.1 Å². The van der Waals surface area contributed by atoms with Gasteiger partial charge in [0.15, 0.2) is 0 Å². The fraction of sp³-hybridized carbons (Fsp3) is 0.444. The van der Waals surface area contributed by atoms with Crippen molar-refractivity contribution < 1.29 is 14.3 Å². The number of carbonyl (C=O) groups excluding carboxylic acids is 1. The standard InChI is InChI=1S/C18H22N2O3S/c1-13(9-14-5-8-24-12-14)20(2)18(21)15-3-6-19-17(10-15)23-16-4-7-22-11-16/h3,5-6,8,10,12-13,16H,4,7,9,11H2,1-2H3. The molecule has 1 aliphatic heterocycles. The van der Waals surface area contributed by atoms with Gasteiger partial charge in [-0.25, -0.2) is 4.98 Å². The summed E-state index contributed by atoms with van der Waals surface area (Å²) in [5, 5.41) is 4.18. The van der Waals surface area contributed by atoms with Gasteiger partial charge >= 0.3 is 0 Å². The van der Waals surface area contributed by atoms with Crippen molar-refractivity contribution in [3.8, 4) is 5.88 Å². The zero-order valence-corrected chi connectivity index (χ0v) is 14.8. The number of aromatic nitrogens is 1. The number of ether oxygens (including phenoxy) is 2. The molecule has 0 aliphatic carbocycles. The van der Waals surface area contributed by atoms with Crippen LogP contribution in [-0.2, 0) is 11.2 Å². The number of rotatable bonds is 6. The topological polar surface area (TPSA) is 51.7 Å². The number of hydrogen-bond donors (Lipinski definition) is 0. The number of hydrogen-bond acceptors (Lipinski definition) is 5. The largest absolute Gasteiger partial charge is 0.472 e. The van der Waals surface area contributed by atoms with Crippen LogP contribution in [-0.4, -0.2) is 48.2 Å². The summed E-state index contributed by atoms with van der Waals surface area (Å²) in [6.07, 6.45) is 3.35. The molecule has 3 heterocycles. The molecule has 0 bridgehead atoms. The molecule has 0 spiro atoms. The molecule has 1 saturated heterocycles. The number of pyridine rings is 1. The summed E-state index contributed by atoms with van der Waals surface area (Å²) in [7, 11) is 1.84. The van der Waals surface area contributed by atoms with Crippen molar-refractivity contribution >= 4 is 17.2 Å². The lowest BCUT2D eigenvalue weighted by molar-refractivity contribution is 0.0742. The zero-order chi connectivity index (χ0) is 16.9. The van der Waals surface area contributed by atoms with Crippen molar-refractivity contribution in [3.63, 3.8) is 0 Å². The Balaban J connectivity index is 1.64. The molecule has 1 amide bonds. The molecule has 3 rings (SSSR count). The van der Waals surface area contributed by atoms with Crippen LogP contribution in [0.3, 0.4) is 0 Å². The maximum atomic E-state index is 12.7. The smallest absolute Gasteiger partial charge is 0.254 e. The molecule has 0 aromatic carbocycles. The number of likely N-dealkylation sites (N-methyl/N-ethyl adjacent to an activating group) is 1. The van der Waals surface area contributed by atoms with Gasteiger partial charge in [0.25, 0.3) is 5.91 Å². The summed E-state index contributed by atoms with van der Waals surface area (Å²) in [4.78, 5) is 18.7. The minimum Gasteiger partial charge on any atom is -0.472 e. The highest BCUT2D eigenvalue weighted by molar-refractivity contribution is 7.07. The fourth-order valence-corrected chi connectivity index (χ4v) is 3.36. The van der Waals surface area contributed by atoms with Crippen molar-refractivity contribution in [1.82, 2.24) is 9.88 Å². The number of carbonyl (C=O) groups is 1. The third kappa shape index (κ3) is 4.13. The van der Waals surface area contributed by atoms with Gasteiger partial charge in [0, 0.05) is 37.3 Å². The van der Waals surface area contributed by atoms with Crippen LogP contribution in [0.15, 0.2) is 35.2 Å². The van der Waals surface area contributed by atoms with Crippen molar-refractivity contribution in [3.05, 3.63) is 46.3 Å². The molecule has 0 radical (unpaired) electrons. The first-order valence-corrected chi connectivity index (χ1v) is 9.06. The third-order valence-corrected chi connectivity index (χ3v) is 4.98. The van der Waals surface area contributed by atoms with E-state index in [1.54, 1.807) is 34.6 Å². The SMILES string of the molecule is CC(Cc1ccsc1)N(C)C(=O)c1ccnc(OC2CCOC2)c1. The Labute approximate surface area is 146 Å². The van der Waals surface area contributed by atoms with E-state index in [9.17, 15) is 4.79 Å². The minimum absolute atomic E-state index is 0.0207. The Morgan fingerprint density at radius 1 is 1.54 bits per heavy atom. The van der Waals surface area contributed by atoms with E-state index in [1.807, 2.05) is 7.05 Å². The van der Waals surface area contributed by atoms with Crippen molar-refractivity contribution in [2.45, 2.75) is 31.9 Å². The van der Waals surface area contributed by atoms with Crippen LogP contribution in [0.4, 0.5) is 0 Å². The number of nitrogens with zero attached hydrogens (tertiary/aromatic N) is 2. The molecule has 2 unspecified atom stereocenters. The Bertz CT molecular complexity index is 669. The average Bonchev–Trinajstić information content (AvgIpc) is 3.27. The molecule has 6 heteroatoms. The van der Waals surface area contributed by atoms with Gasteiger partial charge in [-0.1, -0.05) is 0 Å². The van der Waals surface area contributed by atoms with E-state index >= 15 is 0 Å². The summed E-state index contributed by atoms with van der Waals surface area (Å²) in [6, 6.07) is 5.66. The van der Waals surface area contributed by atoms with E-state index in [0.29, 0.717) is 24.7 Å². The lowest BCUT2D eigenvalue weighted by atomic mass is 10.1. The quantitative estimate of drug-likeness (QED) is 0.807. The lowest BCUT2D eigenvalue weighted by Gasteiger charge is -2.25. The Morgan fingerprint density at radius 3 is 3.12 bits per heavy atom. The molecule has 128 valence electrons. The second kappa shape index (κ2) is 7.77. The zero-order valence-electron chi connectivity index (χ0n) is 14.0. The first kappa shape index (κ1) is 16.9. The maximum Gasteiger partial charge on any atom is 0.254 e. The number of amides is 1. The summed E-state index contributed by atoms with van der Waals surface area (Å²) in [5.74, 6) is 0.461. The van der Waals surface area contributed by atoms with Gasteiger partial charge in [-0.05, 0) is 41.8 Å². The molecular weight excluding hydrogens is 324 g/mol. The van der Waals surface area contributed by atoms with Gasteiger partial charge in [-0.15, -0.1) is 0 Å². The van der Waals surface area contributed by atoms with Crippen molar-refractivity contribution in [2.24, 2.45) is 0 Å². The van der Waals surface area contributed by atoms with Crippen LogP contribution in [0.5, 0.6) is 5.88 Å². The Hall–Kier alpha value is -1.92. The average molecular weight is 346 g/mol. The van der Waals surface area contributed by atoms with Crippen molar-refractivity contribution in [1.29, 1.82) is 0 Å². The monoisotopic (exact) mass is 346 g/mol.